The van der Waals surface area contributed by atoms with Crippen LogP contribution in [0.2, 0.25) is 0 Å². The number of hydrogen-bond acceptors (Lipinski definition) is 8. The van der Waals surface area contributed by atoms with E-state index in [2.05, 4.69) is 0 Å². The third kappa shape index (κ3) is 84.6. The molecule has 25 heavy (non-hydrogen) atoms. The molecule has 0 aromatic carbocycles. The van der Waals surface area contributed by atoms with E-state index in [-0.39, 0.29) is 55.2 Å². The first-order valence-electron chi connectivity index (χ1n) is 7.59. The number of hydrogen-bond donors (Lipinski definition) is 2. The van der Waals surface area contributed by atoms with E-state index in [4.69, 9.17) is 10.2 Å². The van der Waals surface area contributed by atoms with Crippen molar-refractivity contribution >= 4 is 23.5 Å². The van der Waals surface area contributed by atoms with Crippen LogP contribution >= 0.6 is 0 Å². The molecule has 1 radical (unpaired) electrons. The van der Waals surface area contributed by atoms with E-state index in [0.717, 1.165) is 0 Å². The maximum absolute atomic E-state index is 10.2. The molecule has 0 aromatic heterocycles. The Kier molecular flexibility index (Phi) is 35.0. The van der Waals surface area contributed by atoms with E-state index in [1.54, 1.807) is 41.5 Å². The van der Waals surface area contributed by atoms with Crippen LogP contribution in [0.25, 0.3) is 0 Å². The van der Waals surface area contributed by atoms with Crippen molar-refractivity contribution in [2.24, 2.45) is 0 Å². The van der Waals surface area contributed by atoms with Crippen molar-refractivity contribution in [2.45, 2.75) is 79.4 Å². The van der Waals surface area contributed by atoms with Crippen LogP contribution < -0.4 is 10.2 Å². The third-order valence-corrected chi connectivity index (χ3v) is 1.47. The summed E-state index contributed by atoms with van der Waals surface area (Å²) in [7, 11) is 0. The molecule has 0 saturated heterocycles. The first kappa shape index (κ1) is 35.0. The summed E-state index contributed by atoms with van der Waals surface area (Å²) in [6.07, 6.45) is -0.686. The summed E-state index contributed by atoms with van der Waals surface area (Å²) in [5.41, 5.74) is 0. The Labute approximate surface area is 161 Å². The number of ketones is 2. The molecule has 0 spiro atoms. The number of aliphatic hydroxyl groups is 2. The van der Waals surface area contributed by atoms with Crippen molar-refractivity contribution in [1.29, 1.82) is 0 Å². The predicted octanol–water partition coefficient (Wildman–Crippen LogP) is -1.02. The van der Waals surface area contributed by atoms with Crippen LogP contribution in [0.1, 0.15) is 67.2 Å². The molecule has 147 valence electrons. The van der Waals surface area contributed by atoms with Gasteiger partial charge in [0.1, 0.15) is 11.6 Å². The zero-order chi connectivity index (χ0) is 20.3. The summed E-state index contributed by atoms with van der Waals surface area (Å²) < 4.78 is 0. The third-order valence-electron chi connectivity index (χ3n) is 1.47. The Bertz CT molecular complexity index is 315. The van der Waals surface area contributed by atoms with Gasteiger partial charge in [-0.3, -0.25) is 9.59 Å². The van der Waals surface area contributed by atoms with Gasteiger partial charge in [-0.2, -0.15) is 0 Å². The van der Waals surface area contributed by atoms with Crippen molar-refractivity contribution in [3.8, 4) is 0 Å². The number of carboxylic acids is 2. The first-order chi connectivity index (χ1) is 10.8. The van der Waals surface area contributed by atoms with E-state index >= 15 is 0 Å². The van der Waals surface area contributed by atoms with Crippen molar-refractivity contribution in [2.75, 3.05) is 0 Å². The van der Waals surface area contributed by atoms with Crippen molar-refractivity contribution in [1.82, 2.24) is 0 Å². The number of carboxylic acid groups (broad SMARTS) is 2. The molecule has 0 aliphatic rings. The Morgan fingerprint density at radius 2 is 0.880 bits per heavy atom. The van der Waals surface area contributed by atoms with E-state index in [1.165, 1.54) is 0 Å². The molecular formula is C16H30O8V. The molecule has 0 fully saturated rings. The number of aliphatic carboxylic acids is 2. The largest absolute Gasteiger partial charge is 2.00 e. The molecule has 0 saturated carbocycles. The van der Waals surface area contributed by atoms with Crippen LogP contribution in [0.15, 0.2) is 0 Å². The van der Waals surface area contributed by atoms with Gasteiger partial charge in [0.2, 0.25) is 0 Å². The normalized spacial score (nSPS) is 8.40. The Morgan fingerprint density at radius 3 is 0.920 bits per heavy atom. The van der Waals surface area contributed by atoms with Crippen LogP contribution in [0.3, 0.4) is 0 Å². The van der Waals surface area contributed by atoms with E-state index in [9.17, 15) is 29.4 Å². The molecule has 2 N–H and O–H groups in total. The van der Waals surface area contributed by atoms with Crippen molar-refractivity contribution in [3.63, 3.8) is 0 Å². The summed E-state index contributed by atoms with van der Waals surface area (Å²) in [6, 6.07) is 0. The van der Waals surface area contributed by atoms with Gasteiger partial charge in [-0.05, 0) is 27.7 Å². The molecule has 0 aliphatic carbocycles. The monoisotopic (exact) mass is 401 g/mol. The molecule has 0 atom stereocenters. The summed E-state index contributed by atoms with van der Waals surface area (Å²) in [5.74, 6) is -3.16. The topological polar surface area (TPSA) is 155 Å². The standard InChI is InChI=1S/2C5H8O3.2C3H8O.V/c2*1-2-4(6)3-5(7)8;2*1-3(2)4;/h2*2-3H2,1H3,(H,7,8);2*3-4H,1-2H3;/q;;;;+2/p-2. The Hall–Kier alpha value is -1.22. The second kappa shape index (κ2) is 25.0. The Morgan fingerprint density at radius 1 is 0.720 bits per heavy atom. The number of aliphatic hydroxyl groups excluding tert-OH is 2. The van der Waals surface area contributed by atoms with Crippen LogP contribution in [-0.4, -0.2) is 45.9 Å². The van der Waals surface area contributed by atoms with Gasteiger partial charge in [0.05, 0.1) is 0 Å². The van der Waals surface area contributed by atoms with Crippen molar-refractivity contribution in [3.05, 3.63) is 0 Å². The van der Waals surface area contributed by atoms with Crippen LogP contribution in [0.4, 0.5) is 0 Å². The SMILES string of the molecule is CC(C)O.CC(C)O.CCC(=O)CC(=O)[O-].CCC(=O)CC(=O)[O-].[V+2]. The first-order valence-corrected chi connectivity index (χ1v) is 7.59. The minimum Gasteiger partial charge on any atom is -0.550 e. The zero-order valence-corrected chi connectivity index (χ0v) is 17.2. The van der Waals surface area contributed by atoms with Gasteiger partial charge in [0.25, 0.3) is 0 Å². The molecule has 8 nitrogen and oxygen atoms in total. The zero-order valence-electron chi connectivity index (χ0n) is 15.8. The van der Waals surface area contributed by atoms with E-state index in [0.29, 0.717) is 0 Å². The number of Topliss-reactive ketones (excluding diaryl/α,β-unsaturated/α-hetero) is 2. The fourth-order valence-corrected chi connectivity index (χ4v) is 0.572. The van der Waals surface area contributed by atoms with Gasteiger partial charge in [-0.15, -0.1) is 0 Å². The molecule has 0 amide bonds. The Balaban J connectivity index is -0.0000000739. The van der Waals surface area contributed by atoms with E-state index in [1.807, 2.05) is 0 Å². The molecule has 9 heteroatoms. The van der Waals surface area contributed by atoms with Gasteiger partial charge in [-0.1, -0.05) is 13.8 Å². The summed E-state index contributed by atoms with van der Waals surface area (Å²) in [5, 5.41) is 35.4. The molecular weight excluding hydrogens is 371 g/mol. The van der Waals surface area contributed by atoms with Gasteiger partial charge in [0.15, 0.2) is 0 Å². The van der Waals surface area contributed by atoms with Gasteiger partial charge in [0, 0.05) is 49.8 Å². The second-order valence-corrected chi connectivity index (χ2v) is 5.07. The second-order valence-electron chi connectivity index (χ2n) is 5.07. The van der Waals surface area contributed by atoms with Crippen LogP contribution in [0, 0.1) is 0 Å². The van der Waals surface area contributed by atoms with E-state index < -0.39 is 24.8 Å². The summed E-state index contributed by atoms with van der Waals surface area (Å²) in [6.45, 7) is 10.1. The van der Waals surface area contributed by atoms with Crippen LogP contribution in [-0.2, 0) is 37.7 Å². The number of carbonyl (C=O) groups is 4. The molecule has 0 bridgehead atoms. The molecule has 0 aliphatic heterocycles. The minimum atomic E-state index is -1.29. The molecule has 0 unspecified atom stereocenters. The molecule has 0 heterocycles. The quantitative estimate of drug-likeness (QED) is 0.536. The smallest absolute Gasteiger partial charge is 0.550 e. The predicted molar refractivity (Wildman–Crippen MR) is 84.6 cm³/mol. The number of rotatable bonds is 6. The summed E-state index contributed by atoms with van der Waals surface area (Å²) >= 11 is 0. The molecule has 0 rings (SSSR count). The van der Waals surface area contributed by atoms with Crippen LogP contribution in [0.5, 0.6) is 0 Å². The van der Waals surface area contributed by atoms with Gasteiger partial charge >= 0.3 is 18.6 Å². The number of carbonyl (C=O) groups excluding carboxylic acids is 4. The average molecular weight is 401 g/mol. The minimum absolute atomic E-state index is 0. The fraction of sp³-hybridized carbons (Fsp3) is 0.750. The maximum atomic E-state index is 10.2. The van der Waals surface area contributed by atoms with Crippen molar-refractivity contribution < 1.29 is 58.2 Å². The summed E-state index contributed by atoms with van der Waals surface area (Å²) in [4.78, 5) is 39.7. The van der Waals surface area contributed by atoms with Gasteiger partial charge < -0.3 is 30.0 Å². The average Bonchev–Trinajstić information content (AvgIpc) is 2.36. The van der Waals surface area contributed by atoms with Gasteiger partial charge in [-0.25, -0.2) is 0 Å². The molecule has 0 aromatic rings. The maximum Gasteiger partial charge on any atom is 2.00 e. The fourth-order valence-electron chi connectivity index (χ4n) is 0.572.